The van der Waals surface area contributed by atoms with E-state index in [0.717, 1.165) is 50.8 Å². The van der Waals surface area contributed by atoms with Gasteiger partial charge in [0, 0.05) is 44.6 Å². The zero-order valence-electron chi connectivity index (χ0n) is 27.8. The fourth-order valence-corrected chi connectivity index (χ4v) is 6.77. The lowest BCUT2D eigenvalue weighted by Gasteiger charge is -2.26. The molecule has 0 aliphatic rings. The van der Waals surface area contributed by atoms with Crippen LogP contribution in [0.2, 0.25) is 0 Å². The predicted molar refractivity (Wildman–Crippen MR) is 206 cm³/mol. The molecule has 0 spiro atoms. The number of aromatic nitrogens is 3. The highest BCUT2D eigenvalue weighted by Gasteiger charge is 2.17. The molecule has 6 nitrogen and oxygen atoms in total. The van der Waals surface area contributed by atoms with Crippen LogP contribution in [-0.2, 0) is 0 Å². The third kappa shape index (κ3) is 5.59. The molecule has 9 aromatic rings. The first kappa shape index (κ1) is 30.2. The molecule has 0 bridgehead atoms. The van der Waals surface area contributed by atoms with E-state index in [2.05, 4.69) is 141 Å². The van der Waals surface area contributed by atoms with Gasteiger partial charge in [-0.15, -0.1) is 10.2 Å². The van der Waals surface area contributed by atoms with Crippen molar-refractivity contribution >= 4 is 38.9 Å². The van der Waals surface area contributed by atoms with Gasteiger partial charge in [-0.2, -0.15) is 0 Å². The third-order valence-electron chi connectivity index (χ3n) is 9.31. The van der Waals surface area contributed by atoms with E-state index in [1.807, 2.05) is 54.6 Å². The van der Waals surface area contributed by atoms with E-state index in [4.69, 9.17) is 9.15 Å². The fraction of sp³-hybridized carbons (Fsp3) is 0.0222. The second-order valence-electron chi connectivity index (χ2n) is 12.3. The van der Waals surface area contributed by atoms with Crippen LogP contribution in [0.4, 0.5) is 17.1 Å². The Kier molecular flexibility index (Phi) is 7.59. The van der Waals surface area contributed by atoms with Crippen LogP contribution in [0.3, 0.4) is 0 Å². The van der Waals surface area contributed by atoms with Gasteiger partial charge in [0.05, 0.1) is 18.1 Å². The maximum atomic E-state index is 6.16. The first-order valence-corrected chi connectivity index (χ1v) is 16.9. The van der Waals surface area contributed by atoms with Crippen LogP contribution in [0.5, 0.6) is 5.75 Å². The van der Waals surface area contributed by atoms with E-state index in [0.29, 0.717) is 11.8 Å². The maximum Gasteiger partial charge on any atom is 0.248 e. The molecule has 0 atom stereocenters. The second kappa shape index (κ2) is 12.8. The van der Waals surface area contributed by atoms with Crippen molar-refractivity contribution < 1.29 is 9.15 Å². The Balaban J connectivity index is 1.00. The van der Waals surface area contributed by atoms with Gasteiger partial charge in [-0.1, -0.05) is 78.9 Å². The Labute approximate surface area is 295 Å². The molecule has 0 aliphatic carbocycles. The van der Waals surface area contributed by atoms with Crippen molar-refractivity contribution in [3.63, 3.8) is 0 Å². The van der Waals surface area contributed by atoms with E-state index in [1.54, 1.807) is 7.11 Å². The van der Waals surface area contributed by atoms with Gasteiger partial charge in [0.25, 0.3) is 0 Å². The molecule has 0 fully saturated rings. The molecular weight excluding hydrogens is 629 g/mol. The fourth-order valence-electron chi connectivity index (χ4n) is 6.77. The Morgan fingerprint density at radius 1 is 0.451 bits per heavy atom. The summed E-state index contributed by atoms with van der Waals surface area (Å²) in [4.78, 5) is 2.25. The van der Waals surface area contributed by atoms with Gasteiger partial charge in [0.1, 0.15) is 5.75 Å². The molecule has 2 aromatic heterocycles. The molecule has 51 heavy (non-hydrogen) atoms. The van der Waals surface area contributed by atoms with Crippen molar-refractivity contribution in [1.29, 1.82) is 0 Å². The molecule has 0 aliphatic heterocycles. The number of para-hydroxylation sites is 3. The number of benzene rings is 7. The van der Waals surface area contributed by atoms with Gasteiger partial charge < -0.3 is 18.6 Å². The number of ether oxygens (including phenoxy) is 1. The van der Waals surface area contributed by atoms with Gasteiger partial charge in [-0.3, -0.25) is 0 Å². The standard InChI is InChI=1S/C45H32N4O2/c1-50-39-29-21-32(22-30-39)31-15-17-33(18-16-31)44-46-47-45(51-44)34-19-23-36(24-20-34)48(35-9-3-2-4-10-35)37-25-27-38(28-26-37)49-42-13-7-5-11-40(42)41-12-6-8-14-43(41)49/h2-30H,1H3. The minimum atomic E-state index is 0.470. The van der Waals surface area contributed by atoms with Gasteiger partial charge in [0.15, 0.2) is 0 Å². The summed E-state index contributed by atoms with van der Waals surface area (Å²) in [6.07, 6.45) is 0. The van der Waals surface area contributed by atoms with Crippen LogP contribution in [0, 0.1) is 0 Å². The Morgan fingerprint density at radius 2 is 0.882 bits per heavy atom. The first-order chi connectivity index (χ1) is 25.2. The number of methoxy groups -OCH3 is 1. The molecule has 9 rings (SSSR count). The van der Waals surface area contributed by atoms with Crippen LogP contribution in [-0.4, -0.2) is 21.9 Å². The van der Waals surface area contributed by atoms with Crippen LogP contribution in [0.1, 0.15) is 0 Å². The summed E-state index contributed by atoms with van der Waals surface area (Å²) in [5.41, 5.74) is 10.5. The number of anilines is 3. The predicted octanol–water partition coefficient (Wildman–Crippen LogP) is 11.6. The summed E-state index contributed by atoms with van der Waals surface area (Å²) in [6, 6.07) is 60.7. The average molecular weight is 661 g/mol. The van der Waals surface area contributed by atoms with Crippen LogP contribution in [0.25, 0.3) is 61.5 Å². The summed E-state index contributed by atoms with van der Waals surface area (Å²) < 4.78 is 13.8. The highest BCUT2D eigenvalue weighted by molar-refractivity contribution is 6.09. The Morgan fingerprint density at radius 3 is 1.43 bits per heavy atom. The van der Waals surface area contributed by atoms with Crippen molar-refractivity contribution in [2.24, 2.45) is 0 Å². The van der Waals surface area contributed by atoms with Crippen molar-refractivity contribution in [3.05, 3.63) is 176 Å². The second-order valence-corrected chi connectivity index (χ2v) is 12.3. The number of hydrogen-bond acceptors (Lipinski definition) is 5. The summed E-state index contributed by atoms with van der Waals surface area (Å²) in [5, 5.41) is 11.2. The first-order valence-electron chi connectivity index (χ1n) is 16.9. The molecule has 2 heterocycles. The van der Waals surface area contributed by atoms with E-state index >= 15 is 0 Å². The molecule has 0 amide bonds. The zero-order valence-corrected chi connectivity index (χ0v) is 27.8. The van der Waals surface area contributed by atoms with E-state index in [9.17, 15) is 0 Å². The van der Waals surface area contributed by atoms with Crippen molar-refractivity contribution in [2.75, 3.05) is 12.0 Å². The molecule has 244 valence electrons. The molecular formula is C45H32N4O2. The van der Waals surface area contributed by atoms with Crippen LogP contribution < -0.4 is 9.64 Å². The van der Waals surface area contributed by atoms with E-state index in [1.165, 1.54) is 21.8 Å². The molecule has 6 heteroatoms. The normalized spacial score (nSPS) is 11.2. The van der Waals surface area contributed by atoms with Gasteiger partial charge >= 0.3 is 0 Å². The number of rotatable bonds is 8. The van der Waals surface area contributed by atoms with Crippen LogP contribution >= 0.6 is 0 Å². The summed E-state index contributed by atoms with van der Waals surface area (Å²) in [7, 11) is 1.67. The molecule has 0 saturated heterocycles. The van der Waals surface area contributed by atoms with Gasteiger partial charge in [-0.25, -0.2) is 0 Å². The SMILES string of the molecule is COc1ccc(-c2ccc(-c3nnc(-c4ccc(N(c5ccccc5)c5ccc(-n6c7ccccc7c7ccccc76)cc5)cc4)o3)cc2)cc1. The summed E-state index contributed by atoms with van der Waals surface area (Å²) >= 11 is 0. The largest absolute Gasteiger partial charge is 0.497 e. The highest BCUT2D eigenvalue weighted by Crippen LogP contribution is 2.38. The Bertz CT molecular complexity index is 2540. The molecule has 0 radical (unpaired) electrons. The van der Waals surface area contributed by atoms with Crippen molar-refractivity contribution in [1.82, 2.24) is 14.8 Å². The molecule has 7 aromatic carbocycles. The lowest BCUT2D eigenvalue weighted by atomic mass is 10.0. The van der Waals surface area contributed by atoms with Crippen LogP contribution in [0.15, 0.2) is 180 Å². The average Bonchev–Trinajstić information content (AvgIpc) is 3.83. The monoisotopic (exact) mass is 660 g/mol. The number of nitrogens with zero attached hydrogens (tertiary/aromatic N) is 4. The Hall–Kier alpha value is -6.92. The highest BCUT2D eigenvalue weighted by atomic mass is 16.5. The number of fused-ring (bicyclic) bond motifs is 3. The summed E-state index contributed by atoms with van der Waals surface area (Å²) in [5.74, 6) is 1.78. The molecule has 0 N–H and O–H groups in total. The molecule has 0 unspecified atom stereocenters. The lowest BCUT2D eigenvalue weighted by molar-refractivity contribution is 0.415. The zero-order chi connectivity index (χ0) is 34.1. The lowest BCUT2D eigenvalue weighted by Crippen LogP contribution is -2.10. The summed E-state index contributed by atoms with van der Waals surface area (Å²) in [6.45, 7) is 0. The minimum Gasteiger partial charge on any atom is -0.497 e. The van der Waals surface area contributed by atoms with Gasteiger partial charge in [0.2, 0.25) is 11.8 Å². The topological polar surface area (TPSA) is 56.3 Å². The third-order valence-corrected chi connectivity index (χ3v) is 9.31. The van der Waals surface area contributed by atoms with Gasteiger partial charge in [-0.05, 0) is 108 Å². The number of hydrogen-bond donors (Lipinski definition) is 0. The van der Waals surface area contributed by atoms with E-state index < -0.39 is 0 Å². The van der Waals surface area contributed by atoms with E-state index in [-0.39, 0.29) is 0 Å². The smallest absolute Gasteiger partial charge is 0.248 e. The maximum absolute atomic E-state index is 6.16. The van der Waals surface area contributed by atoms with Crippen molar-refractivity contribution in [2.45, 2.75) is 0 Å². The molecule has 0 saturated carbocycles. The quantitative estimate of drug-likeness (QED) is 0.162. The van der Waals surface area contributed by atoms with Crippen molar-refractivity contribution in [3.8, 4) is 45.5 Å². The minimum absolute atomic E-state index is 0.470.